The van der Waals surface area contributed by atoms with Crippen LogP contribution in [0.4, 0.5) is 20.2 Å². The van der Waals surface area contributed by atoms with Crippen LogP contribution < -0.4 is 10.1 Å². The average molecular weight is 488 g/mol. The van der Waals surface area contributed by atoms with E-state index < -0.39 is 38.9 Å². The number of carbonyl (C=O) groups excluding carboxylic acids is 1. The van der Waals surface area contributed by atoms with Crippen molar-refractivity contribution in [1.82, 2.24) is 4.31 Å². The Morgan fingerprint density at radius 3 is 2.56 bits per heavy atom. The Hall–Kier alpha value is -2.77. The molecule has 1 heterocycles. The first kappa shape index (κ1) is 23.9. The van der Waals surface area contributed by atoms with Crippen LogP contribution in [0.25, 0.3) is 0 Å². The molecule has 0 unspecified atom stereocenters. The van der Waals surface area contributed by atoms with E-state index in [1.807, 2.05) is 0 Å². The molecule has 1 N–H and O–H groups in total. The summed E-state index contributed by atoms with van der Waals surface area (Å²) in [4.78, 5) is 22.8. The maximum absolute atomic E-state index is 12.7. The molecule has 1 fully saturated rings. The maximum atomic E-state index is 12.7. The van der Waals surface area contributed by atoms with Gasteiger partial charge < -0.3 is 10.1 Å². The van der Waals surface area contributed by atoms with E-state index in [0.717, 1.165) is 25.0 Å². The molecular formula is C19H19F2N3O6S2. The Labute approximate surface area is 186 Å². The van der Waals surface area contributed by atoms with Gasteiger partial charge in [-0.25, -0.2) is 8.42 Å². The zero-order valence-corrected chi connectivity index (χ0v) is 18.2. The number of hydrogen-bond acceptors (Lipinski definition) is 7. The molecule has 2 aromatic rings. The fourth-order valence-corrected chi connectivity index (χ4v) is 5.23. The van der Waals surface area contributed by atoms with E-state index in [1.54, 1.807) is 6.07 Å². The number of nitro groups is 1. The molecular weight excluding hydrogens is 468 g/mol. The molecule has 13 heteroatoms. The van der Waals surface area contributed by atoms with E-state index in [0.29, 0.717) is 13.1 Å². The molecule has 1 amide bonds. The number of nitrogens with one attached hydrogen (secondary N) is 1. The van der Waals surface area contributed by atoms with E-state index in [2.05, 4.69) is 5.32 Å². The minimum Gasteiger partial charge on any atom is -0.477 e. The minimum atomic E-state index is -3.87. The first-order valence-corrected chi connectivity index (χ1v) is 11.8. The van der Waals surface area contributed by atoms with Gasteiger partial charge in [-0.15, -0.1) is 0 Å². The fourth-order valence-electron chi connectivity index (χ4n) is 3.10. The number of alkyl halides is 2. The zero-order chi connectivity index (χ0) is 23.3. The predicted molar refractivity (Wildman–Crippen MR) is 114 cm³/mol. The summed E-state index contributed by atoms with van der Waals surface area (Å²) in [6.45, 7) is 0.0481. The first-order chi connectivity index (χ1) is 15.2. The molecule has 2 aromatic carbocycles. The molecule has 0 saturated carbocycles. The second-order valence-electron chi connectivity index (χ2n) is 6.71. The lowest BCUT2D eigenvalue weighted by Crippen LogP contribution is -2.28. The summed E-state index contributed by atoms with van der Waals surface area (Å²) in [5.74, 6) is -3.70. The summed E-state index contributed by atoms with van der Waals surface area (Å²) < 4.78 is 57.1. The lowest BCUT2D eigenvalue weighted by atomic mass is 10.3. The molecule has 3 rings (SSSR count). The lowest BCUT2D eigenvalue weighted by molar-refractivity contribution is -0.386. The highest BCUT2D eigenvalue weighted by molar-refractivity contribution is 7.99. The van der Waals surface area contributed by atoms with E-state index in [1.165, 1.54) is 28.6 Å². The van der Waals surface area contributed by atoms with Crippen LogP contribution in [0, 0.1) is 10.1 Å². The molecule has 1 aliphatic heterocycles. The summed E-state index contributed by atoms with van der Waals surface area (Å²) in [6.07, 6.45) is 1.44. The Kier molecular flexibility index (Phi) is 7.64. The molecule has 0 aliphatic carbocycles. The lowest BCUT2D eigenvalue weighted by Gasteiger charge is -2.16. The van der Waals surface area contributed by atoms with Crippen LogP contribution >= 0.6 is 11.8 Å². The van der Waals surface area contributed by atoms with Crippen LogP contribution in [-0.4, -0.2) is 49.0 Å². The first-order valence-electron chi connectivity index (χ1n) is 9.43. The van der Waals surface area contributed by atoms with Crippen molar-refractivity contribution in [2.75, 3.05) is 25.0 Å². The molecule has 0 spiro atoms. The third-order valence-corrected chi connectivity index (χ3v) is 7.25. The molecule has 0 radical (unpaired) electrons. The van der Waals surface area contributed by atoms with Gasteiger partial charge in [0.25, 0.3) is 11.7 Å². The Bertz CT molecular complexity index is 1110. The van der Waals surface area contributed by atoms with Gasteiger partial charge in [-0.3, -0.25) is 14.9 Å². The van der Waals surface area contributed by atoms with Crippen molar-refractivity contribution in [3.63, 3.8) is 0 Å². The summed E-state index contributed by atoms with van der Waals surface area (Å²) in [5.41, 5.74) is -0.459. The van der Waals surface area contributed by atoms with Gasteiger partial charge in [0, 0.05) is 24.1 Å². The molecule has 0 atom stereocenters. The van der Waals surface area contributed by atoms with Gasteiger partial charge in [-0.2, -0.15) is 13.1 Å². The molecule has 0 bridgehead atoms. The number of para-hydroxylation sites is 1. The van der Waals surface area contributed by atoms with E-state index in [-0.39, 0.29) is 33.0 Å². The van der Waals surface area contributed by atoms with Crippen LogP contribution in [0.1, 0.15) is 12.8 Å². The highest BCUT2D eigenvalue weighted by Gasteiger charge is 2.30. The number of anilines is 1. The number of amides is 1. The maximum Gasteiger partial charge on any atom is 0.312 e. The van der Waals surface area contributed by atoms with Crippen LogP contribution in [0.3, 0.4) is 0 Å². The van der Waals surface area contributed by atoms with Crippen LogP contribution in [0.5, 0.6) is 5.75 Å². The molecule has 1 aliphatic rings. The number of hydrogen-bond donors (Lipinski definition) is 1. The number of rotatable bonds is 9. The minimum absolute atomic E-state index is 0.146. The summed E-state index contributed by atoms with van der Waals surface area (Å²) >= 11 is 0.263. The normalized spacial score (nSPS) is 14.5. The van der Waals surface area contributed by atoms with Crippen molar-refractivity contribution in [1.29, 1.82) is 0 Å². The number of nitro benzene ring substituents is 1. The van der Waals surface area contributed by atoms with Crippen molar-refractivity contribution in [3.8, 4) is 5.75 Å². The fraction of sp³-hybridized carbons (Fsp3) is 0.316. The topological polar surface area (TPSA) is 119 Å². The van der Waals surface area contributed by atoms with Gasteiger partial charge in [-0.05, 0) is 37.1 Å². The van der Waals surface area contributed by atoms with E-state index in [4.69, 9.17) is 4.74 Å². The van der Waals surface area contributed by atoms with Crippen molar-refractivity contribution in [3.05, 3.63) is 52.6 Å². The van der Waals surface area contributed by atoms with Crippen molar-refractivity contribution in [2.24, 2.45) is 0 Å². The number of sulfonamides is 1. The number of benzene rings is 2. The molecule has 172 valence electrons. The van der Waals surface area contributed by atoms with Gasteiger partial charge >= 0.3 is 5.69 Å². The van der Waals surface area contributed by atoms with Crippen molar-refractivity contribution in [2.45, 2.75) is 28.4 Å². The number of nitrogens with zero attached hydrogens (tertiary/aromatic N) is 2. The summed E-state index contributed by atoms with van der Waals surface area (Å²) in [6, 6.07) is 9.14. The summed E-state index contributed by atoms with van der Waals surface area (Å²) in [5, 5.41) is 13.9. The van der Waals surface area contributed by atoms with Gasteiger partial charge in [0.2, 0.25) is 10.0 Å². The zero-order valence-electron chi connectivity index (χ0n) is 16.6. The average Bonchev–Trinajstić information content (AvgIpc) is 3.29. The Balaban J connectivity index is 1.72. The highest BCUT2D eigenvalue weighted by atomic mass is 32.2. The van der Waals surface area contributed by atoms with Crippen molar-refractivity contribution >= 4 is 39.1 Å². The van der Waals surface area contributed by atoms with Crippen LogP contribution in [0.2, 0.25) is 0 Å². The van der Waals surface area contributed by atoms with E-state index in [9.17, 15) is 32.1 Å². The molecule has 1 saturated heterocycles. The quantitative estimate of drug-likeness (QED) is 0.325. The standard InChI is InChI=1S/C19H19F2N3O6S2/c20-19(21)31-17-6-2-1-5-14(17)22-18(25)12-30-16-8-7-13(11-15(16)24(26)27)32(28,29)23-9-3-4-10-23/h1-2,5-8,11,19H,3-4,9-10,12H2,(H,22,25). The molecule has 9 nitrogen and oxygen atoms in total. The van der Waals surface area contributed by atoms with Gasteiger partial charge in [0.1, 0.15) is 0 Å². The second-order valence-corrected chi connectivity index (χ2v) is 9.68. The van der Waals surface area contributed by atoms with Crippen LogP contribution in [0.15, 0.2) is 52.3 Å². The number of ether oxygens (including phenoxy) is 1. The monoisotopic (exact) mass is 487 g/mol. The second kappa shape index (κ2) is 10.2. The highest BCUT2D eigenvalue weighted by Crippen LogP contribution is 2.33. The largest absolute Gasteiger partial charge is 0.477 e. The third-order valence-electron chi connectivity index (χ3n) is 4.57. The number of thioether (sulfide) groups is 1. The summed E-state index contributed by atoms with van der Waals surface area (Å²) in [7, 11) is -3.87. The van der Waals surface area contributed by atoms with Gasteiger partial charge in [0.05, 0.1) is 15.5 Å². The van der Waals surface area contributed by atoms with Crippen molar-refractivity contribution < 1.29 is 31.7 Å². The number of halogens is 2. The molecule has 32 heavy (non-hydrogen) atoms. The Morgan fingerprint density at radius 2 is 1.91 bits per heavy atom. The predicted octanol–water partition coefficient (Wildman–Crippen LogP) is 3.71. The Morgan fingerprint density at radius 1 is 1.22 bits per heavy atom. The third kappa shape index (κ3) is 5.72. The van der Waals surface area contributed by atoms with Gasteiger partial charge in [-0.1, -0.05) is 23.9 Å². The SMILES string of the molecule is O=C(COc1ccc(S(=O)(=O)N2CCCC2)cc1[N+](=O)[O-])Nc1ccccc1SC(F)F. The molecule has 0 aromatic heterocycles. The smallest absolute Gasteiger partial charge is 0.312 e. The van der Waals surface area contributed by atoms with Crippen LogP contribution in [-0.2, 0) is 14.8 Å². The van der Waals surface area contributed by atoms with E-state index >= 15 is 0 Å². The van der Waals surface area contributed by atoms with Gasteiger partial charge in [0.15, 0.2) is 12.4 Å². The number of carbonyl (C=O) groups is 1.